The molecule has 108 valence electrons. The standard InChI is InChI=1S/C10H22N2O6/c1-5(2)12-10(18)11-3-6(14)8(16)9(17)7(15)4-13/h5-9,13-17H,3-4H2,1-2H3,(H2,11,12,18)/t6-,7+,8+,9+/m0/s1. The van der Waals surface area contributed by atoms with Crippen molar-refractivity contribution in [1.82, 2.24) is 10.6 Å². The van der Waals surface area contributed by atoms with E-state index < -0.39 is 37.1 Å². The van der Waals surface area contributed by atoms with Crippen LogP contribution in [0.1, 0.15) is 13.8 Å². The minimum atomic E-state index is -1.69. The van der Waals surface area contributed by atoms with Crippen LogP contribution >= 0.6 is 0 Å². The lowest BCUT2D eigenvalue weighted by Crippen LogP contribution is -2.51. The van der Waals surface area contributed by atoms with Gasteiger partial charge in [-0.2, -0.15) is 0 Å². The van der Waals surface area contributed by atoms with Crippen LogP contribution in [0, 0.1) is 0 Å². The SMILES string of the molecule is CC(C)NC(=O)NC[C@H](O)[C@@H](O)[C@H](O)[C@H](O)CO. The highest BCUT2D eigenvalue weighted by Gasteiger charge is 2.30. The molecule has 0 unspecified atom stereocenters. The van der Waals surface area contributed by atoms with Gasteiger partial charge in [0.05, 0.1) is 12.7 Å². The summed E-state index contributed by atoms with van der Waals surface area (Å²) in [6.07, 6.45) is -6.38. The Morgan fingerprint density at radius 1 is 1.06 bits per heavy atom. The van der Waals surface area contributed by atoms with Crippen molar-refractivity contribution < 1.29 is 30.3 Å². The van der Waals surface area contributed by atoms with Crippen molar-refractivity contribution in [3.05, 3.63) is 0 Å². The summed E-state index contributed by atoms with van der Waals surface area (Å²) in [5.74, 6) is 0. The molecule has 0 spiro atoms. The number of urea groups is 1. The van der Waals surface area contributed by atoms with Crippen LogP contribution in [-0.2, 0) is 0 Å². The number of amides is 2. The maximum Gasteiger partial charge on any atom is 0.315 e. The summed E-state index contributed by atoms with van der Waals surface area (Å²) in [5.41, 5.74) is 0. The van der Waals surface area contributed by atoms with Crippen molar-refractivity contribution in [2.75, 3.05) is 13.2 Å². The lowest BCUT2D eigenvalue weighted by atomic mass is 10.0. The average Bonchev–Trinajstić information content (AvgIpc) is 2.32. The van der Waals surface area contributed by atoms with Crippen LogP contribution in [-0.4, -0.2) is 75.2 Å². The van der Waals surface area contributed by atoms with Gasteiger partial charge in [0.15, 0.2) is 0 Å². The van der Waals surface area contributed by atoms with E-state index in [0.29, 0.717) is 0 Å². The number of aliphatic hydroxyl groups excluding tert-OH is 5. The van der Waals surface area contributed by atoms with E-state index in [-0.39, 0.29) is 12.6 Å². The second-order valence-electron chi connectivity index (χ2n) is 4.31. The molecule has 0 rings (SSSR count). The second kappa shape index (κ2) is 8.22. The predicted molar refractivity (Wildman–Crippen MR) is 62.8 cm³/mol. The number of carbonyl (C=O) groups is 1. The fraction of sp³-hybridized carbons (Fsp3) is 0.900. The van der Waals surface area contributed by atoms with Gasteiger partial charge in [-0.25, -0.2) is 4.79 Å². The summed E-state index contributed by atoms with van der Waals surface area (Å²) in [6.45, 7) is 2.47. The van der Waals surface area contributed by atoms with Gasteiger partial charge in [0.25, 0.3) is 0 Å². The molecule has 0 aliphatic heterocycles. The highest BCUT2D eigenvalue weighted by Crippen LogP contribution is 2.04. The molecular weight excluding hydrogens is 244 g/mol. The van der Waals surface area contributed by atoms with Crippen LogP contribution < -0.4 is 10.6 Å². The first-order valence-electron chi connectivity index (χ1n) is 5.67. The molecular formula is C10H22N2O6. The summed E-state index contributed by atoms with van der Waals surface area (Å²) in [6, 6.07) is -0.595. The smallest absolute Gasteiger partial charge is 0.315 e. The number of hydrogen-bond acceptors (Lipinski definition) is 6. The van der Waals surface area contributed by atoms with Crippen LogP contribution in [0.15, 0.2) is 0 Å². The minimum Gasteiger partial charge on any atom is -0.394 e. The second-order valence-corrected chi connectivity index (χ2v) is 4.31. The van der Waals surface area contributed by atoms with Crippen molar-refractivity contribution in [3.8, 4) is 0 Å². The molecule has 18 heavy (non-hydrogen) atoms. The van der Waals surface area contributed by atoms with Crippen molar-refractivity contribution in [2.24, 2.45) is 0 Å². The van der Waals surface area contributed by atoms with Gasteiger partial charge in [0, 0.05) is 12.6 Å². The molecule has 8 nitrogen and oxygen atoms in total. The Hall–Kier alpha value is -0.930. The Morgan fingerprint density at radius 2 is 1.56 bits per heavy atom. The maximum absolute atomic E-state index is 11.2. The molecule has 0 aromatic heterocycles. The lowest BCUT2D eigenvalue weighted by Gasteiger charge is -2.25. The van der Waals surface area contributed by atoms with Crippen LogP contribution in [0.5, 0.6) is 0 Å². The summed E-state index contributed by atoms with van der Waals surface area (Å²) >= 11 is 0. The predicted octanol–water partition coefficient (Wildman–Crippen LogP) is -2.87. The van der Waals surface area contributed by atoms with Gasteiger partial charge in [0.1, 0.15) is 18.3 Å². The lowest BCUT2D eigenvalue weighted by molar-refractivity contribution is -0.113. The molecule has 0 bridgehead atoms. The highest BCUT2D eigenvalue weighted by molar-refractivity contribution is 5.74. The minimum absolute atomic E-state index is 0.0751. The fourth-order valence-corrected chi connectivity index (χ4v) is 1.19. The molecule has 2 amide bonds. The van der Waals surface area contributed by atoms with Crippen LogP contribution in [0.2, 0.25) is 0 Å². The third kappa shape index (κ3) is 6.12. The summed E-state index contributed by atoms with van der Waals surface area (Å²) in [4.78, 5) is 11.2. The molecule has 0 aliphatic rings. The third-order valence-corrected chi connectivity index (χ3v) is 2.22. The average molecular weight is 266 g/mol. The molecule has 0 heterocycles. The normalized spacial score (nSPS) is 18.0. The molecule has 0 aromatic carbocycles. The number of hydrogen-bond donors (Lipinski definition) is 7. The van der Waals surface area contributed by atoms with E-state index in [0.717, 1.165) is 0 Å². The number of nitrogens with one attached hydrogen (secondary N) is 2. The monoisotopic (exact) mass is 266 g/mol. The van der Waals surface area contributed by atoms with E-state index in [4.69, 9.17) is 10.2 Å². The summed E-state index contributed by atoms with van der Waals surface area (Å²) in [5, 5.41) is 50.7. The van der Waals surface area contributed by atoms with Crippen molar-refractivity contribution >= 4 is 6.03 Å². The van der Waals surface area contributed by atoms with Gasteiger partial charge >= 0.3 is 6.03 Å². The highest BCUT2D eigenvalue weighted by atomic mass is 16.4. The van der Waals surface area contributed by atoms with Crippen LogP contribution in [0.3, 0.4) is 0 Å². The molecule has 0 radical (unpaired) electrons. The van der Waals surface area contributed by atoms with Gasteiger partial charge in [-0.05, 0) is 13.8 Å². The van der Waals surface area contributed by atoms with Gasteiger partial charge in [-0.15, -0.1) is 0 Å². The Balaban J connectivity index is 4.08. The van der Waals surface area contributed by atoms with Crippen molar-refractivity contribution in [1.29, 1.82) is 0 Å². The third-order valence-electron chi connectivity index (χ3n) is 2.22. The number of carbonyl (C=O) groups excluding carboxylic acids is 1. The van der Waals surface area contributed by atoms with Crippen molar-refractivity contribution in [3.63, 3.8) is 0 Å². The van der Waals surface area contributed by atoms with Crippen LogP contribution in [0.4, 0.5) is 4.79 Å². The molecule has 0 saturated carbocycles. The van der Waals surface area contributed by atoms with E-state index in [1.165, 1.54) is 0 Å². The van der Waals surface area contributed by atoms with E-state index in [1.807, 2.05) is 0 Å². The Bertz CT molecular complexity index is 251. The maximum atomic E-state index is 11.2. The topological polar surface area (TPSA) is 142 Å². The van der Waals surface area contributed by atoms with Crippen LogP contribution in [0.25, 0.3) is 0 Å². The fourth-order valence-electron chi connectivity index (χ4n) is 1.19. The molecule has 8 heteroatoms. The summed E-state index contributed by atoms with van der Waals surface area (Å²) < 4.78 is 0. The quantitative estimate of drug-likeness (QED) is 0.264. The zero-order chi connectivity index (χ0) is 14.3. The van der Waals surface area contributed by atoms with E-state index in [2.05, 4.69) is 10.6 Å². The first-order valence-corrected chi connectivity index (χ1v) is 5.67. The largest absolute Gasteiger partial charge is 0.394 e. The van der Waals surface area contributed by atoms with Gasteiger partial charge in [0.2, 0.25) is 0 Å². The Kier molecular flexibility index (Phi) is 7.80. The molecule has 0 saturated heterocycles. The van der Waals surface area contributed by atoms with E-state index in [1.54, 1.807) is 13.8 Å². The van der Waals surface area contributed by atoms with Gasteiger partial charge < -0.3 is 36.2 Å². The van der Waals surface area contributed by atoms with Gasteiger partial charge in [-0.3, -0.25) is 0 Å². The van der Waals surface area contributed by atoms with E-state index in [9.17, 15) is 20.1 Å². The van der Waals surface area contributed by atoms with Gasteiger partial charge in [-0.1, -0.05) is 0 Å². The molecule has 0 aromatic rings. The summed E-state index contributed by atoms with van der Waals surface area (Å²) in [7, 11) is 0. The molecule has 4 atom stereocenters. The molecule has 7 N–H and O–H groups in total. The zero-order valence-corrected chi connectivity index (χ0v) is 10.4. The first kappa shape index (κ1) is 17.1. The molecule has 0 aliphatic carbocycles. The number of aliphatic hydroxyl groups is 5. The zero-order valence-electron chi connectivity index (χ0n) is 10.4. The first-order chi connectivity index (χ1) is 8.29. The Labute approximate surface area is 105 Å². The number of rotatable bonds is 7. The molecule has 0 fully saturated rings. The van der Waals surface area contributed by atoms with Crippen molar-refractivity contribution in [2.45, 2.75) is 44.3 Å². The Morgan fingerprint density at radius 3 is 2.00 bits per heavy atom. The van der Waals surface area contributed by atoms with E-state index >= 15 is 0 Å².